The average molecular weight is 411 g/mol. The highest BCUT2D eigenvalue weighted by molar-refractivity contribution is 14.1. The van der Waals surface area contributed by atoms with Crippen LogP contribution >= 0.6 is 33.9 Å². The molecule has 0 N–H and O–H groups in total. The third kappa shape index (κ3) is 3.33. The number of hydrogen-bond acceptors (Lipinski definition) is 5. The van der Waals surface area contributed by atoms with Crippen molar-refractivity contribution in [2.45, 2.75) is 6.61 Å². The molecule has 2 heterocycles. The molecule has 0 saturated heterocycles. The summed E-state index contributed by atoms with van der Waals surface area (Å²) in [4.78, 5) is 16.4. The van der Waals surface area contributed by atoms with Crippen LogP contribution < -0.4 is 0 Å². The molecule has 0 fully saturated rings. The third-order valence-electron chi connectivity index (χ3n) is 2.73. The van der Waals surface area contributed by atoms with Crippen molar-refractivity contribution in [2.24, 2.45) is 0 Å². The molecule has 0 radical (unpaired) electrons. The molecule has 0 unspecified atom stereocenters. The standard InChI is InChI=1S/C15H10INO3S/c16-12-5-2-1-4-11(12)15(18)20-8-10-9-21-14(17-10)13-6-3-7-19-13/h1-7,9H,8H2. The Morgan fingerprint density at radius 2 is 2.14 bits per heavy atom. The van der Waals surface area contributed by atoms with Gasteiger partial charge in [0, 0.05) is 8.95 Å². The van der Waals surface area contributed by atoms with Gasteiger partial charge >= 0.3 is 5.97 Å². The first-order chi connectivity index (χ1) is 10.2. The lowest BCUT2D eigenvalue weighted by atomic mass is 10.2. The number of ether oxygens (including phenoxy) is 1. The van der Waals surface area contributed by atoms with Crippen molar-refractivity contribution < 1.29 is 13.9 Å². The van der Waals surface area contributed by atoms with E-state index in [4.69, 9.17) is 9.15 Å². The number of rotatable bonds is 4. The predicted octanol–water partition coefficient (Wildman–Crippen LogP) is 4.36. The van der Waals surface area contributed by atoms with E-state index < -0.39 is 0 Å². The van der Waals surface area contributed by atoms with E-state index >= 15 is 0 Å². The highest BCUT2D eigenvalue weighted by atomic mass is 127. The van der Waals surface area contributed by atoms with E-state index in [1.807, 2.05) is 35.7 Å². The number of aromatic nitrogens is 1. The van der Waals surface area contributed by atoms with E-state index in [9.17, 15) is 4.79 Å². The molecule has 6 heteroatoms. The summed E-state index contributed by atoms with van der Waals surface area (Å²) in [5.41, 5.74) is 1.28. The van der Waals surface area contributed by atoms with E-state index in [0.29, 0.717) is 11.3 Å². The smallest absolute Gasteiger partial charge is 0.339 e. The summed E-state index contributed by atoms with van der Waals surface area (Å²) < 4.78 is 11.4. The van der Waals surface area contributed by atoms with Crippen molar-refractivity contribution in [3.8, 4) is 10.8 Å². The molecule has 0 spiro atoms. The number of hydrogen-bond donors (Lipinski definition) is 0. The maximum Gasteiger partial charge on any atom is 0.339 e. The molecule has 0 saturated carbocycles. The van der Waals surface area contributed by atoms with Gasteiger partial charge in [0.25, 0.3) is 0 Å². The van der Waals surface area contributed by atoms with Gasteiger partial charge in [-0.05, 0) is 46.9 Å². The number of nitrogens with zero attached hydrogens (tertiary/aromatic N) is 1. The molecule has 21 heavy (non-hydrogen) atoms. The average Bonchev–Trinajstić information content (AvgIpc) is 3.16. The van der Waals surface area contributed by atoms with Crippen molar-refractivity contribution in [2.75, 3.05) is 0 Å². The Morgan fingerprint density at radius 1 is 1.29 bits per heavy atom. The zero-order valence-electron chi connectivity index (χ0n) is 10.8. The second kappa shape index (κ2) is 6.40. The summed E-state index contributed by atoms with van der Waals surface area (Å²) >= 11 is 3.57. The summed E-state index contributed by atoms with van der Waals surface area (Å²) in [6.45, 7) is 0.154. The van der Waals surface area contributed by atoms with Crippen LogP contribution in [0.4, 0.5) is 0 Å². The first-order valence-electron chi connectivity index (χ1n) is 6.14. The molecule has 106 valence electrons. The van der Waals surface area contributed by atoms with Gasteiger partial charge in [-0.3, -0.25) is 0 Å². The van der Waals surface area contributed by atoms with Crippen LogP contribution in [0.5, 0.6) is 0 Å². The van der Waals surface area contributed by atoms with E-state index in [1.54, 1.807) is 12.3 Å². The highest BCUT2D eigenvalue weighted by Gasteiger charge is 2.12. The largest absolute Gasteiger partial charge is 0.462 e. The van der Waals surface area contributed by atoms with Gasteiger partial charge in [0.05, 0.1) is 17.5 Å². The zero-order valence-corrected chi connectivity index (χ0v) is 13.8. The van der Waals surface area contributed by atoms with Crippen molar-refractivity contribution in [3.05, 3.63) is 62.9 Å². The lowest BCUT2D eigenvalue weighted by molar-refractivity contribution is 0.0467. The van der Waals surface area contributed by atoms with Crippen LogP contribution in [0.2, 0.25) is 0 Å². The Kier molecular flexibility index (Phi) is 4.35. The topological polar surface area (TPSA) is 52.3 Å². The Bertz CT molecular complexity index is 752. The second-order valence-corrected chi connectivity index (χ2v) is 6.20. The maximum absolute atomic E-state index is 12.0. The van der Waals surface area contributed by atoms with Gasteiger partial charge in [0.1, 0.15) is 6.61 Å². The van der Waals surface area contributed by atoms with Gasteiger partial charge in [-0.1, -0.05) is 12.1 Å². The van der Waals surface area contributed by atoms with Crippen LogP contribution in [-0.2, 0) is 11.3 Å². The van der Waals surface area contributed by atoms with E-state index in [-0.39, 0.29) is 12.6 Å². The lowest BCUT2D eigenvalue weighted by Crippen LogP contribution is -2.07. The molecule has 0 amide bonds. The quantitative estimate of drug-likeness (QED) is 0.473. The minimum Gasteiger partial charge on any atom is -0.462 e. The molecule has 0 aliphatic heterocycles. The Balaban J connectivity index is 1.66. The molecule has 3 aromatic rings. The van der Waals surface area contributed by atoms with E-state index in [2.05, 4.69) is 27.6 Å². The van der Waals surface area contributed by atoms with Crippen LogP contribution in [0.25, 0.3) is 10.8 Å². The molecule has 1 aromatic carbocycles. The fourth-order valence-corrected chi connectivity index (χ4v) is 3.11. The molecular weight excluding hydrogens is 401 g/mol. The Morgan fingerprint density at radius 3 is 2.90 bits per heavy atom. The SMILES string of the molecule is O=C(OCc1csc(-c2ccco2)n1)c1ccccc1I. The maximum atomic E-state index is 12.0. The third-order valence-corrected chi connectivity index (χ3v) is 4.57. The predicted molar refractivity (Wildman–Crippen MR) is 88.1 cm³/mol. The molecule has 4 nitrogen and oxygen atoms in total. The van der Waals surface area contributed by atoms with Crippen molar-refractivity contribution >= 4 is 39.9 Å². The molecule has 3 rings (SSSR count). The highest BCUT2D eigenvalue weighted by Crippen LogP contribution is 2.24. The summed E-state index contributed by atoms with van der Waals surface area (Å²) in [7, 11) is 0. The first kappa shape index (κ1) is 14.3. The Labute approximate surface area is 138 Å². The second-order valence-electron chi connectivity index (χ2n) is 4.18. The number of carbonyl (C=O) groups is 1. The fraction of sp³-hybridized carbons (Fsp3) is 0.0667. The van der Waals surface area contributed by atoms with Gasteiger partial charge in [-0.15, -0.1) is 11.3 Å². The summed E-state index contributed by atoms with van der Waals surface area (Å²) in [5, 5.41) is 2.64. The van der Waals surface area contributed by atoms with Crippen LogP contribution in [0, 0.1) is 3.57 Å². The van der Waals surface area contributed by atoms with Gasteiger partial charge in [0.2, 0.25) is 0 Å². The number of carbonyl (C=O) groups excluding carboxylic acids is 1. The van der Waals surface area contributed by atoms with Crippen molar-refractivity contribution in [1.82, 2.24) is 4.98 Å². The van der Waals surface area contributed by atoms with Gasteiger partial charge < -0.3 is 9.15 Å². The molecule has 0 aliphatic rings. The van der Waals surface area contributed by atoms with Crippen molar-refractivity contribution in [3.63, 3.8) is 0 Å². The normalized spacial score (nSPS) is 10.5. The minimum absolute atomic E-state index is 0.154. The molecular formula is C15H10INO3S. The van der Waals surface area contributed by atoms with E-state index in [1.165, 1.54) is 11.3 Å². The molecule has 0 bridgehead atoms. The summed E-state index contributed by atoms with van der Waals surface area (Å²) in [6.07, 6.45) is 1.60. The Hall–Kier alpha value is -1.67. The van der Waals surface area contributed by atoms with Crippen molar-refractivity contribution in [1.29, 1.82) is 0 Å². The monoisotopic (exact) mass is 411 g/mol. The van der Waals surface area contributed by atoms with Crippen LogP contribution in [0.3, 0.4) is 0 Å². The van der Waals surface area contributed by atoms with Gasteiger partial charge in [-0.25, -0.2) is 9.78 Å². The number of furan rings is 1. The first-order valence-corrected chi connectivity index (χ1v) is 8.10. The summed E-state index contributed by atoms with van der Waals surface area (Å²) in [6, 6.07) is 11.0. The summed E-state index contributed by atoms with van der Waals surface area (Å²) in [5.74, 6) is 0.378. The van der Waals surface area contributed by atoms with Crippen LogP contribution in [-0.4, -0.2) is 11.0 Å². The number of benzene rings is 1. The number of esters is 1. The molecule has 2 aromatic heterocycles. The van der Waals surface area contributed by atoms with Crippen LogP contribution in [0.15, 0.2) is 52.5 Å². The number of thiazole rings is 1. The van der Waals surface area contributed by atoms with Crippen LogP contribution in [0.1, 0.15) is 16.1 Å². The molecule has 0 aliphatic carbocycles. The molecule has 0 atom stereocenters. The lowest BCUT2D eigenvalue weighted by Gasteiger charge is -2.04. The zero-order chi connectivity index (χ0) is 14.7. The van der Waals surface area contributed by atoms with E-state index in [0.717, 1.165) is 14.3 Å². The number of halogens is 1. The minimum atomic E-state index is -0.340. The fourth-order valence-electron chi connectivity index (χ4n) is 1.73. The van der Waals surface area contributed by atoms with Gasteiger partial charge in [0.15, 0.2) is 10.8 Å². The van der Waals surface area contributed by atoms with Gasteiger partial charge in [-0.2, -0.15) is 0 Å².